The highest BCUT2D eigenvalue weighted by atomic mass is 35.5. The van der Waals surface area contributed by atoms with E-state index in [-0.39, 0.29) is 5.56 Å². The highest BCUT2D eigenvalue weighted by Gasteiger charge is 2.24. The quantitative estimate of drug-likeness (QED) is 0.271. The number of nitrogens with zero attached hydrogens (tertiary/aromatic N) is 3. The minimum absolute atomic E-state index is 0.00108. The average Bonchev–Trinajstić information content (AvgIpc) is 3.47. The fourth-order valence-electron chi connectivity index (χ4n) is 4.15. The molecule has 5 aromatic rings. The first-order valence-corrected chi connectivity index (χ1v) is 12.2. The second-order valence-electron chi connectivity index (χ2n) is 7.54. The largest absolute Gasteiger partial charge is 0.341 e. The summed E-state index contributed by atoms with van der Waals surface area (Å²) in [6, 6.07) is 15.3. The van der Waals surface area contributed by atoms with Crippen LogP contribution in [0.1, 0.15) is 22.7 Å². The van der Waals surface area contributed by atoms with E-state index in [0.29, 0.717) is 15.9 Å². The maximum absolute atomic E-state index is 13.7. The summed E-state index contributed by atoms with van der Waals surface area (Å²) < 4.78 is 1.72. The number of fused-ring (bicyclic) bond motifs is 4. The zero-order valence-corrected chi connectivity index (χ0v) is 18.8. The minimum Gasteiger partial charge on any atom is -0.341 e. The molecular weight excluding hydrogens is 448 g/mol. The molecule has 6 rings (SSSR count). The molecule has 1 aliphatic carbocycles. The van der Waals surface area contributed by atoms with Gasteiger partial charge < -0.3 is 4.98 Å². The molecular formula is C23H17ClN4OS2. The van der Waals surface area contributed by atoms with Crippen molar-refractivity contribution in [3.63, 3.8) is 0 Å². The van der Waals surface area contributed by atoms with Crippen LogP contribution < -0.4 is 5.56 Å². The Morgan fingerprint density at radius 2 is 1.94 bits per heavy atom. The Morgan fingerprint density at radius 1 is 1.10 bits per heavy atom. The molecule has 0 fully saturated rings. The van der Waals surface area contributed by atoms with E-state index in [9.17, 15) is 4.79 Å². The second kappa shape index (κ2) is 7.51. The van der Waals surface area contributed by atoms with Crippen molar-refractivity contribution in [2.75, 3.05) is 0 Å². The van der Waals surface area contributed by atoms with Crippen molar-refractivity contribution in [3.05, 3.63) is 80.2 Å². The zero-order chi connectivity index (χ0) is 20.9. The summed E-state index contributed by atoms with van der Waals surface area (Å²) in [5, 5.41) is 2.08. The molecule has 0 spiro atoms. The number of thioether (sulfide) groups is 1. The van der Waals surface area contributed by atoms with Gasteiger partial charge in [-0.15, -0.1) is 11.3 Å². The summed E-state index contributed by atoms with van der Waals surface area (Å²) in [5.74, 6) is 1.45. The third-order valence-corrected chi connectivity index (χ3v) is 7.96. The number of para-hydroxylation sites is 2. The first kappa shape index (κ1) is 19.1. The van der Waals surface area contributed by atoms with Crippen LogP contribution in [-0.4, -0.2) is 19.5 Å². The van der Waals surface area contributed by atoms with Gasteiger partial charge in [0, 0.05) is 9.90 Å². The number of aromatic nitrogens is 4. The number of imidazole rings is 1. The molecule has 0 saturated heterocycles. The number of hydrogen-bond donors (Lipinski definition) is 1. The zero-order valence-electron chi connectivity index (χ0n) is 16.4. The van der Waals surface area contributed by atoms with E-state index < -0.39 is 0 Å². The molecule has 5 nitrogen and oxygen atoms in total. The van der Waals surface area contributed by atoms with Crippen molar-refractivity contribution < 1.29 is 0 Å². The lowest BCUT2D eigenvalue weighted by molar-refractivity contribution is 0.819. The van der Waals surface area contributed by atoms with Gasteiger partial charge in [0.2, 0.25) is 0 Å². The molecule has 0 unspecified atom stereocenters. The molecule has 3 heterocycles. The molecule has 0 bridgehead atoms. The monoisotopic (exact) mass is 464 g/mol. The highest BCUT2D eigenvalue weighted by molar-refractivity contribution is 7.98. The van der Waals surface area contributed by atoms with Crippen LogP contribution in [0.25, 0.3) is 26.9 Å². The van der Waals surface area contributed by atoms with E-state index in [2.05, 4.69) is 9.97 Å². The van der Waals surface area contributed by atoms with Crippen molar-refractivity contribution in [1.29, 1.82) is 0 Å². The fraction of sp³-hybridized carbons (Fsp3) is 0.174. The topological polar surface area (TPSA) is 63.6 Å². The van der Waals surface area contributed by atoms with E-state index in [4.69, 9.17) is 16.6 Å². The molecule has 3 aromatic heterocycles. The Balaban J connectivity index is 1.47. The first-order valence-electron chi connectivity index (χ1n) is 10.1. The van der Waals surface area contributed by atoms with Crippen LogP contribution in [0, 0.1) is 0 Å². The standard InChI is InChI=1S/C23H17ClN4OS2/c24-13-8-10-14(11-9-13)28-22(29)20-15-4-3-7-18(15)31-21(20)27-23(28)30-12-19-25-16-5-1-2-6-17(16)26-19/h1-2,5-6,8-11H,3-4,7,12H2,(H,25,26). The van der Waals surface area contributed by atoms with Crippen molar-refractivity contribution in [2.45, 2.75) is 30.2 Å². The Labute approximate surface area is 191 Å². The van der Waals surface area contributed by atoms with Crippen LogP contribution in [-0.2, 0) is 18.6 Å². The second-order valence-corrected chi connectivity index (χ2v) is 10.0. The van der Waals surface area contributed by atoms with Gasteiger partial charge in [0.25, 0.3) is 5.56 Å². The molecule has 0 atom stereocenters. The minimum atomic E-state index is -0.00108. The first-order chi connectivity index (χ1) is 15.2. The van der Waals surface area contributed by atoms with Gasteiger partial charge in [0.1, 0.15) is 10.7 Å². The number of rotatable bonds is 4. The van der Waals surface area contributed by atoms with E-state index in [1.54, 1.807) is 28.0 Å². The molecule has 0 radical (unpaired) electrons. The lowest BCUT2D eigenvalue weighted by Gasteiger charge is -2.12. The lowest BCUT2D eigenvalue weighted by Crippen LogP contribution is -2.21. The van der Waals surface area contributed by atoms with Gasteiger partial charge in [-0.3, -0.25) is 9.36 Å². The van der Waals surface area contributed by atoms with Crippen molar-refractivity contribution in [3.8, 4) is 5.69 Å². The van der Waals surface area contributed by atoms with Gasteiger partial charge in [-0.1, -0.05) is 35.5 Å². The number of hydrogen-bond acceptors (Lipinski definition) is 5. The maximum Gasteiger partial charge on any atom is 0.267 e. The number of H-pyrrole nitrogens is 1. The van der Waals surface area contributed by atoms with Gasteiger partial charge in [-0.25, -0.2) is 9.97 Å². The molecule has 1 N–H and O–H groups in total. The van der Waals surface area contributed by atoms with Crippen LogP contribution in [0.3, 0.4) is 0 Å². The summed E-state index contributed by atoms with van der Waals surface area (Å²) >= 11 is 9.27. The smallest absolute Gasteiger partial charge is 0.267 e. The number of aryl methyl sites for hydroxylation is 2. The number of halogens is 1. The number of nitrogens with one attached hydrogen (secondary N) is 1. The number of thiophene rings is 1. The Bertz CT molecular complexity index is 1470. The van der Waals surface area contributed by atoms with Crippen LogP contribution in [0.4, 0.5) is 0 Å². The summed E-state index contributed by atoms with van der Waals surface area (Å²) in [7, 11) is 0. The summed E-state index contributed by atoms with van der Waals surface area (Å²) in [4.78, 5) is 28.8. The normalized spacial score (nSPS) is 13.3. The van der Waals surface area contributed by atoms with Crippen LogP contribution >= 0.6 is 34.7 Å². The van der Waals surface area contributed by atoms with Crippen LogP contribution in [0.15, 0.2) is 58.5 Å². The van der Waals surface area contributed by atoms with Gasteiger partial charge in [0.15, 0.2) is 5.16 Å². The van der Waals surface area contributed by atoms with Gasteiger partial charge in [-0.2, -0.15) is 0 Å². The maximum atomic E-state index is 13.7. The van der Waals surface area contributed by atoms with Crippen molar-refractivity contribution in [1.82, 2.24) is 19.5 Å². The molecule has 31 heavy (non-hydrogen) atoms. The third kappa shape index (κ3) is 3.28. The summed E-state index contributed by atoms with van der Waals surface area (Å²) in [6.07, 6.45) is 3.11. The third-order valence-electron chi connectivity index (χ3n) is 5.57. The van der Waals surface area contributed by atoms with Crippen LogP contribution in [0.5, 0.6) is 0 Å². The lowest BCUT2D eigenvalue weighted by atomic mass is 10.2. The van der Waals surface area contributed by atoms with E-state index in [1.807, 2.05) is 36.4 Å². The predicted molar refractivity (Wildman–Crippen MR) is 128 cm³/mol. The van der Waals surface area contributed by atoms with Gasteiger partial charge in [0.05, 0.1) is 27.9 Å². The average molecular weight is 465 g/mol. The fourth-order valence-corrected chi connectivity index (χ4v) is 6.46. The highest BCUT2D eigenvalue weighted by Crippen LogP contribution is 2.36. The van der Waals surface area contributed by atoms with Gasteiger partial charge in [-0.05, 0) is 61.2 Å². The predicted octanol–water partition coefficient (Wildman–Crippen LogP) is 5.76. The van der Waals surface area contributed by atoms with E-state index >= 15 is 0 Å². The Hall–Kier alpha value is -2.61. The molecule has 154 valence electrons. The van der Waals surface area contributed by atoms with Crippen LogP contribution in [0.2, 0.25) is 5.02 Å². The number of aromatic amines is 1. The SMILES string of the molecule is O=c1c2c3c(sc2nc(SCc2nc4ccccc4[nH]2)n1-c1ccc(Cl)cc1)CCC3. The van der Waals surface area contributed by atoms with Crippen molar-refractivity contribution >= 4 is 55.9 Å². The van der Waals surface area contributed by atoms with E-state index in [1.165, 1.54) is 22.2 Å². The van der Waals surface area contributed by atoms with Gasteiger partial charge >= 0.3 is 0 Å². The van der Waals surface area contributed by atoms with Crippen molar-refractivity contribution in [2.24, 2.45) is 0 Å². The van der Waals surface area contributed by atoms with E-state index in [0.717, 1.165) is 52.0 Å². The molecule has 2 aromatic carbocycles. The molecule has 1 aliphatic rings. The Kier molecular flexibility index (Phi) is 4.63. The summed E-state index contributed by atoms with van der Waals surface area (Å²) in [6.45, 7) is 0. The molecule has 0 amide bonds. The molecule has 8 heteroatoms. The number of benzene rings is 2. The molecule has 0 saturated carbocycles. The Morgan fingerprint density at radius 3 is 2.77 bits per heavy atom. The summed E-state index contributed by atoms with van der Waals surface area (Å²) in [5.41, 5.74) is 3.90. The molecule has 0 aliphatic heterocycles.